The number of nitrogens with two attached hydrogens (primary N) is 1. The fraction of sp³-hybridized carbons (Fsp3) is 0.938. The van der Waals surface area contributed by atoms with Gasteiger partial charge >= 0.3 is 0 Å². The van der Waals surface area contributed by atoms with Crippen molar-refractivity contribution in [3.05, 3.63) is 0 Å². The van der Waals surface area contributed by atoms with Crippen LogP contribution in [0.25, 0.3) is 0 Å². The zero-order valence-electron chi connectivity index (χ0n) is 14.0. The average molecular weight is 283 g/mol. The third-order valence-electron chi connectivity index (χ3n) is 4.19. The third kappa shape index (κ3) is 5.80. The quantitative estimate of drug-likeness (QED) is 0.840. The Bertz CT molecular complexity index is 303. The summed E-state index contributed by atoms with van der Waals surface area (Å²) in [6.45, 7) is 14.7. The largest absolute Gasteiger partial charge is 0.340 e. The van der Waals surface area contributed by atoms with Crippen LogP contribution in [-0.4, -0.2) is 54.0 Å². The monoisotopic (exact) mass is 283 g/mol. The molecule has 0 aliphatic carbocycles. The third-order valence-corrected chi connectivity index (χ3v) is 4.19. The molecule has 2 unspecified atom stereocenters. The molecule has 1 rings (SSSR count). The van der Waals surface area contributed by atoms with Crippen molar-refractivity contribution < 1.29 is 4.79 Å². The topological polar surface area (TPSA) is 49.6 Å². The summed E-state index contributed by atoms with van der Waals surface area (Å²) in [6, 6.07) is 0.602. The second-order valence-electron chi connectivity index (χ2n) is 7.40. The molecule has 20 heavy (non-hydrogen) atoms. The van der Waals surface area contributed by atoms with E-state index in [1.54, 1.807) is 0 Å². The van der Waals surface area contributed by atoms with E-state index in [-0.39, 0.29) is 17.4 Å². The first kappa shape index (κ1) is 17.4. The Morgan fingerprint density at radius 1 is 1.20 bits per heavy atom. The predicted molar refractivity (Wildman–Crippen MR) is 84.6 cm³/mol. The molecule has 0 saturated carbocycles. The first-order valence-electron chi connectivity index (χ1n) is 8.00. The summed E-state index contributed by atoms with van der Waals surface area (Å²) in [7, 11) is 0. The summed E-state index contributed by atoms with van der Waals surface area (Å²) < 4.78 is 0. The molecule has 0 radical (unpaired) electrons. The zero-order valence-corrected chi connectivity index (χ0v) is 14.0. The second kappa shape index (κ2) is 7.41. The minimum absolute atomic E-state index is 0.0184. The Hall–Kier alpha value is -0.610. The average Bonchev–Trinajstić information content (AvgIpc) is 2.35. The van der Waals surface area contributed by atoms with Gasteiger partial charge in [0.05, 0.1) is 0 Å². The highest BCUT2D eigenvalue weighted by Gasteiger charge is 2.25. The number of hydrogen-bond donors (Lipinski definition) is 1. The molecule has 0 bridgehead atoms. The van der Waals surface area contributed by atoms with E-state index in [1.807, 2.05) is 4.90 Å². The van der Waals surface area contributed by atoms with Crippen LogP contribution in [0.5, 0.6) is 0 Å². The standard InChI is InChI=1S/C16H33N3O/c1-6-13(2)18-7-9-19(10-8-18)15(20)11-14(17)12-16(3,4)5/h13-14H,6-12,17H2,1-5H3. The summed E-state index contributed by atoms with van der Waals surface area (Å²) in [4.78, 5) is 16.7. The van der Waals surface area contributed by atoms with Gasteiger partial charge in [-0.25, -0.2) is 0 Å². The lowest BCUT2D eigenvalue weighted by atomic mass is 9.87. The van der Waals surface area contributed by atoms with Crippen molar-refractivity contribution in [2.45, 2.75) is 66.0 Å². The van der Waals surface area contributed by atoms with Crippen LogP contribution < -0.4 is 5.73 Å². The first-order chi connectivity index (χ1) is 9.23. The predicted octanol–water partition coefficient (Wildman–Crippen LogP) is 2.08. The molecule has 1 amide bonds. The maximum atomic E-state index is 12.3. The fourth-order valence-electron chi connectivity index (χ4n) is 2.88. The van der Waals surface area contributed by atoms with Gasteiger partial charge in [-0.05, 0) is 25.2 Å². The minimum atomic E-state index is -0.0184. The second-order valence-corrected chi connectivity index (χ2v) is 7.40. The maximum Gasteiger partial charge on any atom is 0.224 e. The summed E-state index contributed by atoms with van der Waals surface area (Å²) in [6.07, 6.45) is 2.55. The molecule has 1 aliphatic rings. The molecule has 0 aromatic heterocycles. The van der Waals surface area contributed by atoms with Gasteiger partial charge in [0.1, 0.15) is 0 Å². The van der Waals surface area contributed by atoms with Crippen molar-refractivity contribution in [1.29, 1.82) is 0 Å². The van der Waals surface area contributed by atoms with Crippen molar-refractivity contribution in [2.24, 2.45) is 11.1 Å². The van der Waals surface area contributed by atoms with E-state index in [0.29, 0.717) is 12.5 Å². The van der Waals surface area contributed by atoms with E-state index < -0.39 is 0 Å². The summed E-state index contributed by atoms with van der Waals surface area (Å²) in [5, 5.41) is 0. The lowest BCUT2D eigenvalue weighted by Crippen LogP contribution is -2.52. The van der Waals surface area contributed by atoms with Gasteiger partial charge < -0.3 is 10.6 Å². The van der Waals surface area contributed by atoms with Gasteiger partial charge in [-0.2, -0.15) is 0 Å². The number of rotatable bonds is 5. The molecule has 1 saturated heterocycles. The van der Waals surface area contributed by atoms with E-state index >= 15 is 0 Å². The van der Waals surface area contributed by atoms with Crippen LogP contribution in [0.4, 0.5) is 0 Å². The molecule has 4 nitrogen and oxygen atoms in total. The van der Waals surface area contributed by atoms with Gasteiger partial charge in [-0.3, -0.25) is 9.69 Å². The van der Waals surface area contributed by atoms with Gasteiger partial charge in [0.25, 0.3) is 0 Å². The Balaban J connectivity index is 2.36. The van der Waals surface area contributed by atoms with Crippen LogP contribution in [0.3, 0.4) is 0 Å². The summed E-state index contributed by atoms with van der Waals surface area (Å²) in [5.41, 5.74) is 6.30. The van der Waals surface area contributed by atoms with Crippen molar-refractivity contribution in [3.8, 4) is 0 Å². The van der Waals surface area contributed by atoms with Crippen LogP contribution in [0.15, 0.2) is 0 Å². The van der Waals surface area contributed by atoms with Crippen molar-refractivity contribution >= 4 is 5.91 Å². The first-order valence-corrected chi connectivity index (χ1v) is 8.00. The summed E-state index contributed by atoms with van der Waals surface area (Å²) in [5.74, 6) is 0.227. The van der Waals surface area contributed by atoms with E-state index in [9.17, 15) is 4.79 Å². The Labute approximate surface area is 124 Å². The van der Waals surface area contributed by atoms with Crippen LogP contribution in [0.2, 0.25) is 0 Å². The summed E-state index contributed by atoms with van der Waals surface area (Å²) >= 11 is 0. The molecule has 1 aliphatic heterocycles. The number of carbonyl (C=O) groups excluding carboxylic acids is 1. The molecule has 0 aromatic carbocycles. The number of amides is 1. The van der Waals surface area contributed by atoms with Crippen molar-refractivity contribution in [2.75, 3.05) is 26.2 Å². The van der Waals surface area contributed by atoms with Gasteiger partial charge in [-0.15, -0.1) is 0 Å². The number of hydrogen-bond acceptors (Lipinski definition) is 3. The Morgan fingerprint density at radius 3 is 2.20 bits per heavy atom. The van der Waals surface area contributed by atoms with Crippen molar-refractivity contribution in [3.63, 3.8) is 0 Å². The van der Waals surface area contributed by atoms with Gasteiger partial charge in [-0.1, -0.05) is 27.7 Å². The molecule has 2 N–H and O–H groups in total. The lowest BCUT2D eigenvalue weighted by molar-refractivity contribution is -0.133. The molecule has 4 heteroatoms. The lowest BCUT2D eigenvalue weighted by Gasteiger charge is -2.38. The number of carbonyl (C=O) groups is 1. The normalized spacial score (nSPS) is 20.8. The maximum absolute atomic E-state index is 12.3. The van der Waals surface area contributed by atoms with Crippen molar-refractivity contribution in [1.82, 2.24) is 9.80 Å². The molecule has 0 aromatic rings. The van der Waals surface area contributed by atoms with Gasteiger partial charge in [0, 0.05) is 44.7 Å². The molecule has 0 spiro atoms. The minimum Gasteiger partial charge on any atom is -0.340 e. The number of piperazine rings is 1. The van der Waals surface area contributed by atoms with Gasteiger partial charge in [0.2, 0.25) is 5.91 Å². The fourth-order valence-corrected chi connectivity index (χ4v) is 2.88. The van der Waals surface area contributed by atoms with E-state index in [2.05, 4.69) is 39.5 Å². The zero-order chi connectivity index (χ0) is 15.3. The van der Waals surface area contributed by atoms with Crippen LogP contribution in [0, 0.1) is 5.41 Å². The molecule has 1 heterocycles. The molecule has 2 atom stereocenters. The highest BCUT2D eigenvalue weighted by Crippen LogP contribution is 2.21. The van der Waals surface area contributed by atoms with Crippen LogP contribution in [-0.2, 0) is 4.79 Å². The Kier molecular flexibility index (Phi) is 6.46. The Morgan fingerprint density at radius 2 is 1.75 bits per heavy atom. The molecular formula is C16H33N3O. The molecule has 118 valence electrons. The highest BCUT2D eigenvalue weighted by atomic mass is 16.2. The smallest absolute Gasteiger partial charge is 0.224 e. The van der Waals surface area contributed by atoms with E-state index in [4.69, 9.17) is 5.73 Å². The van der Waals surface area contributed by atoms with Crippen LogP contribution >= 0.6 is 0 Å². The SMILES string of the molecule is CCC(C)N1CCN(C(=O)CC(N)CC(C)(C)C)CC1. The van der Waals surface area contributed by atoms with Gasteiger partial charge in [0.15, 0.2) is 0 Å². The molecule has 1 fully saturated rings. The molecular weight excluding hydrogens is 250 g/mol. The van der Waals surface area contributed by atoms with E-state index in [1.165, 1.54) is 6.42 Å². The van der Waals surface area contributed by atoms with Crippen LogP contribution in [0.1, 0.15) is 53.9 Å². The highest BCUT2D eigenvalue weighted by molar-refractivity contribution is 5.76. The number of nitrogens with zero attached hydrogens (tertiary/aromatic N) is 2. The van der Waals surface area contributed by atoms with E-state index in [0.717, 1.165) is 32.6 Å².